The third kappa shape index (κ3) is 2.89. The Morgan fingerprint density at radius 2 is 1.81 bits per heavy atom. The van der Waals surface area contributed by atoms with Crippen molar-refractivity contribution in [2.24, 2.45) is 4.99 Å². The van der Waals surface area contributed by atoms with Gasteiger partial charge in [-0.25, -0.2) is 4.99 Å². The zero-order valence-electron chi connectivity index (χ0n) is 11.1. The molecule has 108 valence electrons. The molecule has 0 fully saturated rings. The van der Waals surface area contributed by atoms with Crippen LogP contribution in [0.3, 0.4) is 0 Å². The molecular formula is C16H13Cl3N2. The first-order valence-corrected chi connectivity index (χ1v) is 7.91. The normalized spacial score (nSPS) is 17.4. The fourth-order valence-corrected chi connectivity index (χ4v) is 3.23. The third-order valence-corrected chi connectivity index (χ3v) is 4.19. The molecular weight excluding hydrogens is 327 g/mol. The Kier molecular flexibility index (Phi) is 4.39. The van der Waals surface area contributed by atoms with Gasteiger partial charge in [-0.1, -0.05) is 41.9 Å². The van der Waals surface area contributed by atoms with Crippen LogP contribution in [0.1, 0.15) is 17.2 Å². The van der Waals surface area contributed by atoms with E-state index in [0.29, 0.717) is 22.7 Å². The van der Waals surface area contributed by atoms with E-state index in [9.17, 15) is 0 Å². The molecule has 0 saturated heterocycles. The van der Waals surface area contributed by atoms with Crippen molar-refractivity contribution in [2.75, 3.05) is 12.4 Å². The summed E-state index contributed by atoms with van der Waals surface area (Å²) in [5.74, 6) is 0.477. The van der Waals surface area contributed by atoms with Crippen molar-refractivity contribution in [3.63, 3.8) is 0 Å². The van der Waals surface area contributed by atoms with E-state index >= 15 is 0 Å². The summed E-state index contributed by atoms with van der Waals surface area (Å²) in [5.41, 5.74) is 3.03. The van der Waals surface area contributed by atoms with E-state index in [2.05, 4.69) is 17.1 Å². The first-order valence-electron chi connectivity index (χ1n) is 6.62. The molecule has 0 amide bonds. The third-order valence-electron chi connectivity index (χ3n) is 3.49. The molecule has 2 aromatic rings. The van der Waals surface area contributed by atoms with Gasteiger partial charge in [0.05, 0.1) is 11.7 Å². The van der Waals surface area contributed by atoms with Crippen LogP contribution >= 0.6 is 34.8 Å². The second kappa shape index (κ2) is 6.27. The second-order valence-corrected chi connectivity index (χ2v) is 5.93. The molecule has 1 heterocycles. The number of fused-ring (bicyclic) bond motifs is 1. The molecule has 0 aromatic heterocycles. The SMILES string of the molecule is ClCCN1C(Cl)=Nc2ccc(Cl)cc2C1c1ccccc1. The van der Waals surface area contributed by atoms with Gasteiger partial charge in [-0.3, -0.25) is 0 Å². The smallest absolute Gasteiger partial charge is 0.199 e. The first kappa shape index (κ1) is 14.7. The average molecular weight is 340 g/mol. The van der Waals surface area contributed by atoms with Gasteiger partial charge in [0.15, 0.2) is 5.29 Å². The van der Waals surface area contributed by atoms with Gasteiger partial charge in [0.25, 0.3) is 0 Å². The van der Waals surface area contributed by atoms with Gasteiger partial charge >= 0.3 is 0 Å². The van der Waals surface area contributed by atoms with E-state index in [4.69, 9.17) is 34.8 Å². The minimum Gasteiger partial charge on any atom is -0.335 e. The lowest BCUT2D eigenvalue weighted by molar-refractivity contribution is 0.378. The van der Waals surface area contributed by atoms with Gasteiger partial charge in [0.2, 0.25) is 0 Å². The highest BCUT2D eigenvalue weighted by Crippen LogP contribution is 2.40. The van der Waals surface area contributed by atoms with E-state index < -0.39 is 0 Å². The topological polar surface area (TPSA) is 15.6 Å². The van der Waals surface area contributed by atoms with Crippen LogP contribution in [0.2, 0.25) is 5.02 Å². The van der Waals surface area contributed by atoms with E-state index in [1.165, 1.54) is 0 Å². The van der Waals surface area contributed by atoms with Crippen molar-refractivity contribution in [3.8, 4) is 0 Å². The number of benzene rings is 2. The lowest BCUT2D eigenvalue weighted by Gasteiger charge is -2.36. The highest BCUT2D eigenvalue weighted by atomic mass is 35.5. The van der Waals surface area contributed by atoms with Crippen molar-refractivity contribution in [1.29, 1.82) is 0 Å². The van der Waals surface area contributed by atoms with Crippen molar-refractivity contribution in [1.82, 2.24) is 4.90 Å². The van der Waals surface area contributed by atoms with Gasteiger partial charge in [-0.2, -0.15) is 0 Å². The molecule has 0 radical (unpaired) electrons. The molecule has 1 aliphatic rings. The first-order chi connectivity index (χ1) is 10.2. The summed E-state index contributed by atoms with van der Waals surface area (Å²) in [4.78, 5) is 6.46. The molecule has 1 unspecified atom stereocenters. The molecule has 5 heteroatoms. The fourth-order valence-electron chi connectivity index (χ4n) is 2.59. The molecule has 2 aromatic carbocycles. The molecule has 0 spiro atoms. The number of nitrogens with zero attached hydrogens (tertiary/aromatic N) is 2. The Morgan fingerprint density at radius 1 is 1.05 bits per heavy atom. The number of hydrogen-bond acceptors (Lipinski definition) is 2. The summed E-state index contributed by atoms with van der Waals surface area (Å²) in [7, 11) is 0. The number of amidine groups is 1. The molecule has 0 N–H and O–H groups in total. The highest BCUT2D eigenvalue weighted by molar-refractivity contribution is 6.65. The van der Waals surface area contributed by atoms with Gasteiger partial charge in [-0.15, -0.1) is 11.6 Å². The summed E-state index contributed by atoms with van der Waals surface area (Å²) in [6.07, 6.45) is 0. The van der Waals surface area contributed by atoms with Crippen molar-refractivity contribution in [3.05, 3.63) is 64.7 Å². The predicted molar refractivity (Wildman–Crippen MR) is 90.1 cm³/mol. The van der Waals surface area contributed by atoms with Crippen LogP contribution in [0.15, 0.2) is 53.5 Å². The van der Waals surface area contributed by atoms with Gasteiger partial charge in [-0.05, 0) is 35.4 Å². The number of alkyl halides is 1. The van der Waals surface area contributed by atoms with Crippen molar-refractivity contribution >= 4 is 45.8 Å². The van der Waals surface area contributed by atoms with Gasteiger partial charge in [0, 0.05) is 23.0 Å². The minimum atomic E-state index is -0.0244. The van der Waals surface area contributed by atoms with E-state index in [1.54, 1.807) is 0 Å². The summed E-state index contributed by atoms with van der Waals surface area (Å²) in [6, 6.07) is 15.8. The molecule has 21 heavy (non-hydrogen) atoms. The molecule has 0 bridgehead atoms. The average Bonchev–Trinajstić information content (AvgIpc) is 2.50. The number of halogens is 3. The van der Waals surface area contributed by atoms with Gasteiger partial charge in [0.1, 0.15) is 0 Å². The number of hydrogen-bond donors (Lipinski definition) is 0. The summed E-state index contributed by atoms with van der Waals surface area (Å²) in [6.45, 7) is 0.620. The Bertz CT molecular complexity index is 670. The number of rotatable bonds is 3. The Balaban J connectivity index is 2.17. The monoisotopic (exact) mass is 338 g/mol. The predicted octanol–water partition coefficient (Wildman–Crippen LogP) is 5.21. The van der Waals surface area contributed by atoms with E-state index in [1.807, 2.05) is 41.3 Å². The standard InChI is InChI=1S/C16H13Cl3N2/c17-8-9-21-15(11-4-2-1-3-5-11)13-10-12(18)6-7-14(13)20-16(21)19/h1-7,10,15H,8-9H2. The zero-order chi connectivity index (χ0) is 14.8. The van der Waals surface area contributed by atoms with Gasteiger partial charge < -0.3 is 4.90 Å². The van der Waals surface area contributed by atoms with Crippen molar-refractivity contribution < 1.29 is 0 Å². The van der Waals surface area contributed by atoms with E-state index in [0.717, 1.165) is 16.8 Å². The van der Waals surface area contributed by atoms with Crippen LogP contribution in [0.4, 0.5) is 5.69 Å². The van der Waals surface area contributed by atoms with Crippen LogP contribution in [0.25, 0.3) is 0 Å². The quantitative estimate of drug-likeness (QED) is 0.553. The lowest BCUT2D eigenvalue weighted by Crippen LogP contribution is -2.36. The molecule has 3 rings (SSSR count). The maximum Gasteiger partial charge on any atom is 0.199 e. The van der Waals surface area contributed by atoms with Crippen LogP contribution in [-0.4, -0.2) is 22.6 Å². The summed E-state index contributed by atoms with van der Waals surface area (Å²) in [5, 5.41) is 1.15. The Hall–Kier alpha value is -1.22. The molecule has 1 aliphatic heterocycles. The minimum absolute atomic E-state index is 0.0244. The fraction of sp³-hybridized carbons (Fsp3) is 0.188. The second-order valence-electron chi connectivity index (χ2n) is 4.78. The molecule has 0 saturated carbocycles. The maximum absolute atomic E-state index is 6.36. The maximum atomic E-state index is 6.36. The zero-order valence-corrected chi connectivity index (χ0v) is 13.4. The van der Waals surface area contributed by atoms with E-state index in [-0.39, 0.29) is 6.04 Å². The Morgan fingerprint density at radius 3 is 2.52 bits per heavy atom. The Labute approximate surface area is 139 Å². The van der Waals surface area contributed by atoms with Crippen LogP contribution in [-0.2, 0) is 0 Å². The van der Waals surface area contributed by atoms with Crippen molar-refractivity contribution in [2.45, 2.75) is 6.04 Å². The molecule has 0 aliphatic carbocycles. The van der Waals surface area contributed by atoms with Crippen LogP contribution in [0, 0.1) is 0 Å². The highest BCUT2D eigenvalue weighted by Gasteiger charge is 2.30. The summed E-state index contributed by atoms with van der Waals surface area (Å²) >= 11 is 18.5. The molecule has 1 atom stereocenters. The number of aliphatic imine (C=N–C) groups is 1. The van der Waals surface area contributed by atoms with Crippen LogP contribution in [0.5, 0.6) is 0 Å². The largest absolute Gasteiger partial charge is 0.335 e. The molecule has 2 nitrogen and oxygen atoms in total. The van der Waals surface area contributed by atoms with Crippen LogP contribution < -0.4 is 0 Å². The lowest BCUT2D eigenvalue weighted by atomic mass is 9.95. The summed E-state index contributed by atoms with van der Waals surface area (Å²) < 4.78 is 0.